The van der Waals surface area contributed by atoms with E-state index in [4.69, 9.17) is 5.26 Å². The van der Waals surface area contributed by atoms with Gasteiger partial charge in [-0.3, -0.25) is 8.63 Å². The van der Waals surface area contributed by atoms with E-state index in [0.717, 1.165) is 26.4 Å². The van der Waals surface area contributed by atoms with Crippen LogP contribution in [-0.4, -0.2) is 72.9 Å². The van der Waals surface area contributed by atoms with Crippen molar-refractivity contribution in [2.24, 2.45) is 0 Å². The maximum absolute atomic E-state index is 10.4. The molecule has 2 rings (SSSR count). The topological polar surface area (TPSA) is 68.2 Å². The molecule has 2 aliphatic rings. The molecule has 2 aliphatic heterocycles. The molecule has 0 aliphatic carbocycles. The molecule has 0 atom stereocenters. The summed E-state index contributed by atoms with van der Waals surface area (Å²) < 4.78 is 49.6. The van der Waals surface area contributed by atoms with Crippen molar-refractivity contribution < 1.29 is 155 Å². The standard InChI is InChI=1S/2C6H12N2.CBF2N.CF3.CH4.2ClH.2K.H2O/c2*1-3-8-5-4-7(2)6-8;3-2(4)1-5;2-1(3)4;;;;;;/h2*4-5H,3,6H2,1-2H3;;;1H4;2*1H;;;1H2/q;;;-1;;;;2*+1;/p-2. The predicted octanol–water partition coefficient (Wildman–Crippen LogP) is -8.99. The predicted molar refractivity (Wildman–Crippen MR) is 98.8 cm³/mol. The summed E-state index contributed by atoms with van der Waals surface area (Å²) in [7, 11) is 1.34. The van der Waals surface area contributed by atoms with E-state index in [0.29, 0.717) is 5.97 Å². The van der Waals surface area contributed by atoms with Gasteiger partial charge in [0.2, 0.25) is 0 Å². The van der Waals surface area contributed by atoms with Crippen LogP contribution in [0.3, 0.4) is 0 Å². The van der Waals surface area contributed by atoms with Crippen molar-refractivity contribution in [1.29, 1.82) is 5.26 Å². The van der Waals surface area contributed by atoms with Crippen LogP contribution in [0.5, 0.6) is 0 Å². The van der Waals surface area contributed by atoms with Crippen molar-refractivity contribution in [1.82, 2.24) is 19.6 Å². The fraction of sp³-hybridized carbons (Fsp3) is 0.600. The van der Waals surface area contributed by atoms with Gasteiger partial charge in [0.25, 0.3) is 0 Å². The van der Waals surface area contributed by atoms with Gasteiger partial charge in [0.05, 0.1) is 19.3 Å². The first-order chi connectivity index (χ1) is 11.7. The molecular weight excluding hydrogens is 521 g/mol. The van der Waals surface area contributed by atoms with Crippen LogP contribution >= 0.6 is 0 Å². The Kier molecular flexibility index (Phi) is 63.0. The van der Waals surface area contributed by atoms with Crippen molar-refractivity contribution in [3.63, 3.8) is 0 Å². The van der Waals surface area contributed by atoms with Gasteiger partial charge in [-0.15, -0.1) is 0 Å². The third-order valence-electron chi connectivity index (χ3n) is 2.78. The molecule has 6 nitrogen and oxygen atoms in total. The van der Waals surface area contributed by atoms with Gasteiger partial charge in [-0.05, 0) is 13.8 Å². The van der Waals surface area contributed by atoms with Crippen LogP contribution in [0.15, 0.2) is 24.8 Å². The van der Waals surface area contributed by atoms with E-state index in [1.165, 1.54) is 0 Å². The number of hydrogen-bond donors (Lipinski definition) is 0. The maximum Gasteiger partial charge on any atom is 1.00 e. The molecule has 176 valence electrons. The van der Waals surface area contributed by atoms with Crippen LogP contribution in [0.1, 0.15) is 21.3 Å². The average molecular weight is 551 g/mol. The van der Waals surface area contributed by atoms with Crippen LogP contribution < -0.4 is 128 Å². The van der Waals surface area contributed by atoms with E-state index in [2.05, 4.69) is 72.3 Å². The number of halogens is 7. The number of hydrogen-bond acceptors (Lipinski definition) is 5. The SMILES string of the molecule is C.CCN1C=CN(C)C1.CCN1C=CN(C)C1.F[C-](F)F.N#CB(F)F.O.[Cl-].[Cl-].[K+].[K+]. The molecular formula is C15H30BCl2F5K2N5O-. The van der Waals surface area contributed by atoms with E-state index in [1.807, 2.05) is 0 Å². The van der Waals surface area contributed by atoms with Crippen LogP contribution in [0, 0.1) is 17.9 Å². The smallest absolute Gasteiger partial charge is 1.00 e. The Labute approximate surface area is 281 Å². The fourth-order valence-electron chi connectivity index (χ4n) is 1.59. The van der Waals surface area contributed by atoms with Crippen LogP contribution in [0.4, 0.5) is 21.8 Å². The van der Waals surface area contributed by atoms with Gasteiger partial charge in [-0.2, -0.15) is 0 Å². The monoisotopic (exact) mass is 550 g/mol. The minimum Gasteiger partial charge on any atom is -1.00 e. The summed E-state index contributed by atoms with van der Waals surface area (Å²) in [4.78, 5) is 8.81. The second-order valence-electron chi connectivity index (χ2n) is 4.85. The molecule has 0 unspecified atom stereocenters. The summed E-state index contributed by atoms with van der Waals surface area (Å²) in [5.41, 5.74) is 0. The third kappa shape index (κ3) is 42.3. The third-order valence-corrected chi connectivity index (χ3v) is 2.78. The molecule has 0 radical (unpaired) electrons. The zero-order valence-corrected chi connectivity index (χ0v) is 25.9. The van der Waals surface area contributed by atoms with E-state index in [1.54, 1.807) is 0 Å². The van der Waals surface area contributed by atoms with Crippen LogP contribution in [0.2, 0.25) is 0 Å². The Morgan fingerprint density at radius 3 is 1.16 bits per heavy atom. The van der Waals surface area contributed by atoms with E-state index < -0.39 is 13.9 Å². The molecule has 2 N–H and O–H groups in total. The molecule has 16 heteroatoms. The Hall–Kier alpha value is 1.70. The van der Waals surface area contributed by atoms with Crippen molar-refractivity contribution in [3.8, 4) is 5.97 Å². The molecule has 0 aromatic carbocycles. The first-order valence-electron chi connectivity index (χ1n) is 7.42. The van der Waals surface area contributed by atoms with Crippen molar-refractivity contribution in [2.75, 3.05) is 40.5 Å². The summed E-state index contributed by atoms with van der Waals surface area (Å²) in [6.45, 7) is 5.56. The summed E-state index contributed by atoms with van der Waals surface area (Å²) in [6.07, 6.45) is 8.40. The quantitative estimate of drug-likeness (QED) is 0.194. The summed E-state index contributed by atoms with van der Waals surface area (Å²) in [5.74, 6) is 0.694. The van der Waals surface area contributed by atoms with Crippen molar-refractivity contribution in [2.45, 2.75) is 21.3 Å². The Morgan fingerprint density at radius 1 is 0.871 bits per heavy atom. The summed E-state index contributed by atoms with van der Waals surface area (Å²) in [6, 6.07) is 0. The molecule has 31 heavy (non-hydrogen) atoms. The summed E-state index contributed by atoms with van der Waals surface area (Å²) in [5, 5.41) is 7.14. The van der Waals surface area contributed by atoms with Crippen molar-refractivity contribution in [3.05, 3.63) is 31.5 Å². The van der Waals surface area contributed by atoms with Gasteiger partial charge in [-0.25, -0.2) is 5.26 Å². The van der Waals surface area contributed by atoms with Crippen LogP contribution in [0.25, 0.3) is 0 Å². The van der Waals surface area contributed by atoms with E-state index in [-0.39, 0.29) is 140 Å². The first kappa shape index (κ1) is 53.9. The second-order valence-corrected chi connectivity index (χ2v) is 4.85. The Bertz CT molecular complexity index is 416. The van der Waals surface area contributed by atoms with Gasteiger partial charge in [-0.1, -0.05) is 7.43 Å². The number of nitriles is 1. The molecule has 0 saturated carbocycles. The molecule has 0 amide bonds. The van der Waals surface area contributed by atoms with Crippen molar-refractivity contribution >= 4 is 7.27 Å². The normalized spacial score (nSPS) is 11.5. The van der Waals surface area contributed by atoms with Crippen LogP contribution in [-0.2, 0) is 0 Å². The molecule has 0 spiro atoms. The molecule has 0 bridgehead atoms. The first-order valence-corrected chi connectivity index (χ1v) is 7.42. The number of rotatable bonds is 2. The maximum atomic E-state index is 10.4. The second kappa shape index (κ2) is 36.3. The van der Waals surface area contributed by atoms with Gasteiger partial charge < -0.3 is 63.1 Å². The minimum atomic E-state index is -3.08. The Morgan fingerprint density at radius 2 is 1.10 bits per heavy atom. The summed E-state index contributed by atoms with van der Waals surface area (Å²) >= 11 is 0. The molecule has 0 aromatic rings. The van der Waals surface area contributed by atoms with E-state index in [9.17, 15) is 21.8 Å². The minimum absolute atomic E-state index is 0. The zero-order valence-electron chi connectivity index (χ0n) is 18.1. The molecule has 0 saturated heterocycles. The molecule has 2 heterocycles. The zero-order chi connectivity index (χ0) is 19.8. The van der Waals surface area contributed by atoms with Gasteiger partial charge in [0, 0.05) is 52.0 Å². The molecule has 0 fully saturated rings. The number of nitrogens with zero attached hydrogens (tertiary/aromatic N) is 5. The van der Waals surface area contributed by atoms with Gasteiger partial charge in [0.1, 0.15) is 0 Å². The molecule has 0 aromatic heterocycles. The fourth-order valence-corrected chi connectivity index (χ4v) is 1.59. The largest absolute Gasteiger partial charge is 1.00 e. The van der Waals surface area contributed by atoms with Gasteiger partial charge in [0.15, 0.2) is 6.68 Å². The average Bonchev–Trinajstić information content (AvgIpc) is 3.16. The van der Waals surface area contributed by atoms with Gasteiger partial charge >= 0.3 is 110 Å². The Balaban J connectivity index is -0.0000000368. The van der Waals surface area contributed by atoms with E-state index >= 15 is 0 Å².